The van der Waals surface area contributed by atoms with Crippen molar-refractivity contribution in [1.29, 1.82) is 0 Å². The van der Waals surface area contributed by atoms with Crippen molar-refractivity contribution >= 4 is 28.0 Å². The van der Waals surface area contributed by atoms with Crippen molar-refractivity contribution in [3.8, 4) is 11.3 Å². The standard InChI is InChI=1S/C28H25FN2O2S/c1-34(33)17-23-25(28(32)31-26(19-14-15-19)20-10-7-11-21(29)16-20)22-12-5-6-13-24(22)30-27(23)18-8-3-2-4-9-18/h2-13,16,19,26H,14-15,17H2,1H3,(H,31,32). The Morgan fingerprint density at radius 1 is 1.09 bits per heavy atom. The van der Waals surface area contributed by atoms with Gasteiger partial charge in [0.05, 0.1) is 29.1 Å². The maximum atomic E-state index is 14.0. The molecule has 1 heterocycles. The van der Waals surface area contributed by atoms with Crippen molar-refractivity contribution < 1.29 is 13.7 Å². The highest BCUT2D eigenvalue weighted by Crippen LogP contribution is 2.42. The number of pyridine rings is 1. The number of aromatic nitrogens is 1. The molecule has 2 atom stereocenters. The van der Waals surface area contributed by atoms with E-state index in [1.807, 2.05) is 60.7 Å². The number of benzene rings is 3. The first-order valence-corrected chi connectivity index (χ1v) is 13.1. The maximum Gasteiger partial charge on any atom is 0.253 e. The number of amides is 1. The molecule has 172 valence electrons. The molecule has 0 radical (unpaired) electrons. The molecular formula is C28H25FN2O2S. The van der Waals surface area contributed by atoms with Gasteiger partial charge in [-0.05, 0) is 42.5 Å². The van der Waals surface area contributed by atoms with Crippen LogP contribution in [0.1, 0.15) is 40.4 Å². The molecule has 0 bridgehead atoms. The van der Waals surface area contributed by atoms with E-state index in [1.54, 1.807) is 12.3 Å². The minimum atomic E-state index is -1.19. The Labute approximate surface area is 201 Å². The molecule has 0 spiro atoms. The number of nitrogens with zero attached hydrogens (tertiary/aromatic N) is 1. The number of para-hydroxylation sites is 1. The van der Waals surface area contributed by atoms with Gasteiger partial charge in [-0.15, -0.1) is 0 Å². The highest BCUT2D eigenvalue weighted by molar-refractivity contribution is 7.89. The summed E-state index contributed by atoms with van der Waals surface area (Å²) < 4.78 is 26.4. The molecule has 1 aliphatic carbocycles. The normalized spacial score (nSPS) is 15.1. The van der Waals surface area contributed by atoms with Crippen LogP contribution in [-0.2, 0) is 16.9 Å². The first-order chi connectivity index (χ1) is 16.5. The van der Waals surface area contributed by atoms with E-state index < -0.39 is 11.2 Å². The van der Waals surface area contributed by atoms with Crippen molar-refractivity contribution in [2.75, 3.05) is 6.26 Å². The summed E-state index contributed by atoms with van der Waals surface area (Å²) in [5, 5.41) is 3.91. The third-order valence-corrected chi connectivity index (χ3v) is 6.90. The van der Waals surface area contributed by atoms with E-state index in [2.05, 4.69) is 5.32 Å². The maximum absolute atomic E-state index is 14.0. The number of hydrogen-bond acceptors (Lipinski definition) is 3. The average Bonchev–Trinajstić information content (AvgIpc) is 3.67. The molecule has 6 heteroatoms. The van der Waals surface area contributed by atoms with Crippen LogP contribution in [0.2, 0.25) is 0 Å². The van der Waals surface area contributed by atoms with Gasteiger partial charge in [0.15, 0.2) is 0 Å². The molecule has 1 saturated carbocycles. The van der Waals surface area contributed by atoms with Crippen LogP contribution >= 0.6 is 0 Å². The minimum Gasteiger partial charge on any atom is -0.616 e. The van der Waals surface area contributed by atoms with Gasteiger partial charge in [0.1, 0.15) is 11.6 Å². The minimum absolute atomic E-state index is 0.207. The molecule has 34 heavy (non-hydrogen) atoms. The fourth-order valence-electron chi connectivity index (χ4n) is 4.51. The summed E-state index contributed by atoms with van der Waals surface area (Å²) in [6.07, 6.45) is 3.60. The fraction of sp³-hybridized carbons (Fsp3) is 0.214. The highest BCUT2D eigenvalue weighted by Gasteiger charge is 2.35. The summed E-state index contributed by atoms with van der Waals surface area (Å²) in [4.78, 5) is 18.8. The van der Waals surface area contributed by atoms with Crippen LogP contribution in [0, 0.1) is 11.7 Å². The van der Waals surface area contributed by atoms with Crippen LogP contribution in [0.25, 0.3) is 22.2 Å². The predicted octanol–water partition coefficient (Wildman–Crippen LogP) is 5.80. The van der Waals surface area contributed by atoms with Crippen molar-refractivity contribution in [2.45, 2.75) is 24.6 Å². The Balaban J connectivity index is 1.66. The van der Waals surface area contributed by atoms with Gasteiger partial charge in [0.2, 0.25) is 0 Å². The summed E-state index contributed by atoms with van der Waals surface area (Å²) in [6.45, 7) is 0. The molecule has 5 rings (SSSR count). The smallest absolute Gasteiger partial charge is 0.253 e. The first kappa shape index (κ1) is 22.6. The number of rotatable bonds is 7. The third-order valence-electron chi connectivity index (χ3n) is 6.20. The molecule has 4 nitrogen and oxygen atoms in total. The van der Waals surface area contributed by atoms with E-state index in [0.717, 1.165) is 24.0 Å². The van der Waals surface area contributed by atoms with Crippen LogP contribution in [0.5, 0.6) is 0 Å². The van der Waals surface area contributed by atoms with Gasteiger partial charge < -0.3 is 9.87 Å². The molecule has 1 aliphatic rings. The quantitative estimate of drug-likeness (QED) is 0.346. The Kier molecular flexibility index (Phi) is 6.35. The predicted molar refractivity (Wildman–Crippen MR) is 134 cm³/mol. The molecule has 1 fully saturated rings. The van der Waals surface area contributed by atoms with Gasteiger partial charge in [-0.25, -0.2) is 9.37 Å². The number of halogens is 1. The van der Waals surface area contributed by atoms with Gasteiger partial charge in [-0.3, -0.25) is 4.79 Å². The Morgan fingerprint density at radius 3 is 2.53 bits per heavy atom. The van der Waals surface area contributed by atoms with Gasteiger partial charge in [0, 0.05) is 16.5 Å². The zero-order chi connectivity index (χ0) is 23.7. The highest BCUT2D eigenvalue weighted by atomic mass is 32.2. The largest absolute Gasteiger partial charge is 0.616 e. The molecule has 4 aromatic rings. The van der Waals surface area contributed by atoms with Crippen molar-refractivity contribution in [2.24, 2.45) is 5.92 Å². The lowest BCUT2D eigenvalue weighted by Gasteiger charge is -2.22. The molecule has 0 aliphatic heterocycles. The van der Waals surface area contributed by atoms with E-state index in [0.29, 0.717) is 27.7 Å². The van der Waals surface area contributed by atoms with Gasteiger partial charge in [-0.1, -0.05) is 71.8 Å². The molecule has 3 aromatic carbocycles. The Morgan fingerprint density at radius 2 is 1.82 bits per heavy atom. The Hall–Kier alpha value is -3.22. The molecule has 1 aromatic heterocycles. The van der Waals surface area contributed by atoms with Crippen LogP contribution in [0.3, 0.4) is 0 Å². The fourth-order valence-corrected chi connectivity index (χ4v) is 5.19. The molecule has 0 saturated heterocycles. The van der Waals surface area contributed by atoms with Crippen LogP contribution in [-0.4, -0.2) is 21.7 Å². The van der Waals surface area contributed by atoms with Crippen molar-refractivity contribution in [3.63, 3.8) is 0 Å². The lowest BCUT2D eigenvalue weighted by atomic mass is 9.95. The second-order valence-corrected chi connectivity index (χ2v) is 10.2. The van der Waals surface area contributed by atoms with Crippen molar-refractivity contribution in [3.05, 3.63) is 101 Å². The van der Waals surface area contributed by atoms with Crippen LogP contribution in [0.4, 0.5) is 4.39 Å². The monoisotopic (exact) mass is 472 g/mol. The summed E-state index contributed by atoms with van der Waals surface area (Å²) in [6, 6.07) is 23.3. The Bertz CT molecular complexity index is 1340. The average molecular weight is 473 g/mol. The van der Waals surface area contributed by atoms with E-state index in [1.165, 1.54) is 12.1 Å². The summed E-state index contributed by atoms with van der Waals surface area (Å²) in [5.41, 5.74) is 4.14. The molecule has 1 amide bonds. The number of nitrogens with one attached hydrogen (secondary N) is 1. The lowest BCUT2D eigenvalue weighted by molar-refractivity contribution is 0.0932. The van der Waals surface area contributed by atoms with E-state index in [-0.39, 0.29) is 29.4 Å². The van der Waals surface area contributed by atoms with E-state index in [9.17, 15) is 13.7 Å². The first-order valence-electron chi connectivity index (χ1n) is 11.3. The second kappa shape index (κ2) is 9.57. The van der Waals surface area contributed by atoms with Gasteiger partial charge in [-0.2, -0.15) is 0 Å². The molecule has 1 N–H and O–H groups in total. The van der Waals surface area contributed by atoms with Gasteiger partial charge >= 0.3 is 0 Å². The number of hydrogen-bond donors (Lipinski definition) is 1. The zero-order valence-electron chi connectivity index (χ0n) is 18.8. The molecular weight excluding hydrogens is 447 g/mol. The van der Waals surface area contributed by atoms with Crippen molar-refractivity contribution in [1.82, 2.24) is 10.3 Å². The third kappa shape index (κ3) is 4.69. The zero-order valence-corrected chi connectivity index (χ0v) is 19.6. The lowest BCUT2D eigenvalue weighted by Crippen LogP contribution is -2.31. The summed E-state index contributed by atoms with van der Waals surface area (Å²) >= 11 is -1.19. The van der Waals surface area contributed by atoms with Crippen LogP contribution in [0.15, 0.2) is 78.9 Å². The summed E-state index contributed by atoms with van der Waals surface area (Å²) in [5.74, 6) is -0.0902. The number of carbonyl (C=O) groups is 1. The van der Waals surface area contributed by atoms with Crippen LogP contribution < -0.4 is 5.32 Å². The summed E-state index contributed by atoms with van der Waals surface area (Å²) in [7, 11) is 0. The van der Waals surface area contributed by atoms with E-state index in [4.69, 9.17) is 4.98 Å². The van der Waals surface area contributed by atoms with Gasteiger partial charge in [0.25, 0.3) is 5.91 Å². The topological polar surface area (TPSA) is 65.0 Å². The van der Waals surface area contributed by atoms with E-state index >= 15 is 0 Å². The number of fused-ring (bicyclic) bond motifs is 1. The number of carbonyl (C=O) groups excluding carboxylic acids is 1. The molecule has 2 unspecified atom stereocenters. The second-order valence-electron chi connectivity index (χ2n) is 8.76. The SMILES string of the molecule is C[S+]([O-])Cc1c(-c2ccccc2)nc2ccccc2c1C(=O)NC(c1cccc(F)c1)C1CC1.